The molecule has 0 saturated carbocycles. The second kappa shape index (κ2) is 5.46. The van der Waals surface area contributed by atoms with Crippen molar-refractivity contribution in [2.45, 2.75) is 18.6 Å². The SMILES string of the molecule is COc1ccc(Br)cc1C1C[C@@H](N)c2ccccc2O1. The van der Waals surface area contributed by atoms with Gasteiger partial charge in [0.2, 0.25) is 0 Å². The molecule has 0 radical (unpaired) electrons. The van der Waals surface area contributed by atoms with Crippen LogP contribution in [0.25, 0.3) is 0 Å². The number of fused-ring (bicyclic) bond motifs is 1. The molecule has 0 bridgehead atoms. The molecule has 2 atom stereocenters. The Bertz CT molecular complexity index is 630. The Kier molecular flexibility index (Phi) is 3.68. The molecule has 3 nitrogen and oxygen atoms in total. The first-order valence-electron chi connectivity index (χ1n) is 6.53. The molecular weight excluding hydrogens is 318 g/mol. The standard InChI is InChI=1S/C16H16BrNO2/c1-19-14-7-6-10(17)8-12(14)16-9-13(18)11-4-2-3-5-15(11)20-16/h2-8,13,16H,9,18H2,1H3/t13-,16?/m1/s1. The normalized spacial score (nSPS) is 20.9. The molecule has 1 aliphatic heterocycles. The highest BCUT2D eigenvalue weighted by Gasteiger charge is 2.28. The second-order valence-corrected chi connectivity index (χ2v) is 5.79. The monoisotopic (exact) mass is 333 g/mol. The lowest BCUT2D eigenvalue weighted by molar-refractivity contribution is 0.158. The molecule has 20 heavy (non-hydrogen) atoms. The van der Waals surface area contributed by atoms with Crippen molar-refractivity contribution in [2.75, 3.05) is 7.11 Å². The summed E-state index contributed by atoms with van der Waals surface area (Å²) >= 11 is 3.50. The van der Waals surface area contributed by atoms with Crippen LogP contribution in [0.5, 0.6) is 11.5 Å². The van der Waals surface area contributed by atoms with Crippen molar-refractivity contribution in [2.24, 2.45) is 5.73 Å². The second-order valence-electron chi connectivity index (χ2n) is 4.87. The lowest BCUT2D eigenvalue weighted by Gasteiger charge is -2.31. The predicted octanol–water partition coefficient (Wildman–Crippen LogP) is 3.98. The third kappa shape index (κ3) is 2.41. The molecule has 0 saturated heterocycles. The third-order valence-corrected chi connectivity index (χ3v) is 4.09. The minimum absolute atomic E-state index is 0.0198. The predicted molar refractivity (Wildman–Crippen MR) is 82.1 cm³/mol. The van der Waals surface area contributed by atoms with Gasteiger partial charge in [-0.3, -0.25) is 0 Å². The van der Waals surface area contributed by atoms with E-state index in [0.29, 0.717) is 0 Å². The molecule has 1 aliphatic rings. The summed E-state index contributed by atoms with van der Waals surface area (Å²) in [5.74, 6) is 1.68. The van der Waals surface area contributed by atoms with Gasteiger partial charge in [0.25, 0.3) is 0 Å². The highest BCUT2D eigenvalue weighted by atomic mass is 79.9. The number of ether oxygens (including phenoxy) is 2. The number of hydrogen-bond acceptors (Lipinski definition) is 3. The Morgan fingerprint density at radius 2 is 2.00 bits per heavy atom. The van der Waals surface area contributed by atoms with Crippen LogP contribution < -0.4 is 15.2 Å². The maximum absolute atomic E-state index is 6.27. The van der Waals surface area contributed by atoms with Gasteiger partial charge in [0.1, 0.15) is 17.6 Å². The zero-order valence-corrected chi connectivity index (χ0v) is 12.8. The summed E-state index contributed by atoms with van der Waals surface area (Å²) in [5, 5.41) is 0. The minimum Gasteiger partial charge on any atom is -0.496 e. The van der Waals surface area contributed by atoms with Crippen LogP contribution in [0, 0.1) is 0 Å². The van der Waals surface area contributed by atoms with E-state index in [9.17, 15) is 0 Å². The zero-order chi connectivity index (χ0) is 14.1. The smallest absolute Gasteiger partial charge is 0.129 e. The van der Waals surface area contributed by atoms with E-state index >= 15 is 0 Å². The fourth-order valence-electron chi connectivity index (χ4n) is 2.60. The molecule has 2 aromatic carbocycles. The molecule has 2 N–H and O–H groups in total. The number of methoxy groups -OCH3 is 1. The van der Waals surface area contributed by atoms with Crippen molar-refractivity contribution in [1.82, 2.24) is 0 Å². The largest absolute Gasteiger partial charge is 0.496 e. The van der Waals surface area contributed by atoms with Crippen LogP contribution in [0.2, 0.25) is 0 Å². The van der Waals surface area contributed by atoms with Crippen molar-refractivity contribution < 1.29 is 9.47 Å². The van der Waals surface area contributed by atoms with Gasteiger partial charge in [0.15, 0.2) is 0 Å². The highest BCUT2D eigenvalue weighted by molar-refractivity contribution is 9.10. The van der Waals surface area contributed by atoms with Gasteiger partial charge in [-0.1, -0.05) is 34.1 Å². The van der Waals surface area contributed by atoms with E-state index in [-0.39, 0.29) is 12.1 Å². The Morgan fingerprint density at radius 1 is 1.20 bits per heavy atom. The number of rotatable bonds is 2. The fraction of sp³-hybridized carbons (Fsp3) is 0.250. The summed E-state index contributed by atoms with van der Waals surface area (Å²) in [6.45, 7) is 0. The molecule has 4 heteroatoms. The highest BCUT2D eigenvalue weighted by Crippen LogP contribution is 2.42. The molecule has 0 aliphatic carbocycles. The molecule has 3 rings (SSSR count). The number of halogens is 1. The van der Waals surface area contributed by atoms with E-state index in [1.165, 1.54) is 0 Å². The summed E-state index contributed by atoms with van der Waals surface area (Å²) in [4.78, 5) is 0. The number of benzene rings is 2. The van der Waals surface area contributed by atoms with E-state index in [1.54, 1.807) is 7.11 Å². The maximum Gasteiger partial charge on any atom is 0.129 e. The van der Waals surface area contributed by atoms with Gasteiger partial charge in [-0.05, 0) is 24.3 Å². The van der Waals surface area contributed by atoms with Gasteiger partial charge in [0.05, 0.1) is 7.11 Å². The Labute approximate surface area is 126 Å². The summed E-state index contributed by atoms with van der Waals surface area (Å²) in [5.41, 5.74) is 8.36. The van der Waals surface area contributed by atoms with Crippen LogP contribution in [-0.4, -0.2) is 7.11 Å². The van der Waals surface area contributed by atoms with Crippen LogP contribution in [-0.2, 0) is 0 Å². The molecular formula is C16H16BrNO2. The summed E-state index contributed by atoms with van der Waals surface area (Å²) in [6.07, 6.45) is 0.649. The first-order chi connectivity index (χ1) is 9.69. The molecule has 0 spiro atoms. The van der Waals surface area contributed by atoms with Gasteiger partial charge in [-0.15, -0.1) is 0 Å². The van der Waals surface area contributed by atoms with Crippen molar-refractivity contribution in [3.8, 4) is 11.5 Å². The van der Waals surface area contributed by atoms with Crippen LogP contribution in [0.15, 0.2) is 46.9 Å². The topological polar surface area (TPSA) is 44.5 Å². The molecule has 0 amide bonds. The number of para-hydroxylation sites is 1. The van der Waals surface area contributed by atoms with Gasteiger partial charge in [-0.2, -0.15) is 0 Å². The maximum atomic E-state index is 6.27. The van der Waals surface area contributed by atoms with E-state index in [4.69, 9.17) is 15.2 Å². The molecule has 0 fully saturated rings. The average Bonchev–Trinajstić information content (AvgIpc) is 2.47. The molecule has 104 valence electrons. The van der Waals surface area contributed by atoms with E-state index < -0.39 is 0 Å². The molecule has 1 unspecified atom stereocenters. The minimum atomic E-state index is -0.0904. The summed E-state index contributed by atoms with van der Waals surface area (Å²) < 4.78 is 12.5. The zero-order valence-electron chi connectivity index (χ0n) is 11.2. The first kappa shape index (κ1) is 13.5. The number of hydrogen-bond donors (Lipinski definition) is 1. The van der Waals surface area contributed by atoms with Gasteiger partial charge < -0.3 is 15.2 Å². The lowest BCUT2D eigenvalue weighted by atomic mass is 9.93. The van der Waals surface area contributed by atoms with Crippen molar-refractivity contribution in [3.63, 3.8) is 0 Å². The quantitative estimate of drug-likeness (QED) is 0.903. The first-order valence-corrected chi connectivity index (χ1v) is 7.33. The summed E-state index contributed by atoms with van der Waals surface area (Å²) in [7, 11) is 1.67. The van der Waals surface area contributed by atoms with Gasteiger partial charge >= 0.3 is 0 Å². The fourth-order valence-corrected chi connectivity index (χ4v) is 2.98. The molecule has 1 heterocycles. The van der Waals surface area contributed by atoms with Crippen molar-refractivity contribution >= 4 is 15.9 Å². The van der Waals surface area contributed by atoms with Crippen LogP contribution >= 0.6 is 15.9 Å². The van der Waals surface area contributed by atoms with E-state index in [0.717, 1.165) is 33.5 Å². The van der Waals surface area contributed by atoms with Gasteiger partial charge in [0, 0.05) is 28.1 Å². The Hall–Kier alpha value is -1.52. The van der Waals surface area contributed by atoms with Crippen LogP contribution in [0.3, 0.4) is 0 Å². The van der Waals surface area contributed by atoms with Crippen LogP contribution in [0.4, 0.5) is 0 Å². The van der Waals surface area contributed by atoms with E-state index in [2.05, 4.69) is 15.9 Å². The van der Waals surface area contributed by atoms with Crippen molar-refractivity contribution in [1.29, 1.82) is 0 Å². The molecule has 2 aromatic rings. The van der Waals surface area contributed by atoms with Gasteiger partial charge in [-0.25, -0.2) is 0 Å². The Morgan fingerprint density at radius 3 is 2.80 bits per heavy atom. The number of nitrogens with two attached hydrogens (primary N) is 1. The average molecular weight is 334 g/mol. The Balaban J connectivity index is 1.99. The van der Waals surface area contributed by atoms with E-state index in [1.807, 2.05) is 42.5 Å². The molecule has 0 aromatic heterocycles. The van der Waals surface area contributed by atoms with Crippen LogP contribution in [0.1, 0.15) is 29.7 Å². The van der Waals surface area contributed by atoms with Crippen molar-refractivity contribution in [3.05, 3.63) is 58.1 Å². The summed E-state index contributed by atoms with van der Waals surface area (Å²) in [6, 6.07) is 13.8. The lowest BCUT2D eigenvalue weighted by Crippen LogP contribution is -2.24. The third-order valence-electron chi connectivity index (χ3n) is 3.59.